The fourth-order valence-electron chi connectivity index (χ4n) is 3.49. The number of hydrogen-bond acceptors (Lipinski definition) is 4. The molecule has 0 aliphatic heterocycles. The number of carbonyl (C=O) groups excluding carboxylic acids is 1. The van der Waals surface area contributed by atoms with Gasteiger partial charge in [-0.1, -0.05) is 24.3 Å². The summed E-state index contributed by atoms with van der Waals surface area (Å²) in [6, 6.07) is 15.5. The normalized spacial score (nSPS) is 13.6. The number of amides is 1. The molecule has 1 aromatic heterocycles. The lowest BCUT2D eigenvalue weighted by Crippen LogP contribution is -2.32. The van der Waals surface area contributed by atoms with E-state index in [9.17, 15) is 9.59 Å². The Hall–Kier alpha value is -3.02. The molecular formula is C22H24N2O4. The monoisotopic (exact) mass is 380 g/mol. The summed E-state index contributed by atoms with van der Waals surface area (Å²) in [4.78, 5) is 26.8. The summed E-state index contributed by atoms with van der Waals surface area (Å²) in [5, 5.41) is 0. The molecule has 146 valence electrons. The Balaban J connectivity index is 1.38. The highest BCUT2D eigenvalue weighted by atomic mass is 16.5. The average molecular weight is 380 g/mol. The largest absolute Gasteiger partial charge is 0.497 e. The lowest BCUT2D eigenvalue weighted by molar-refractivity contribution is -0.132. The van der Waals surface area contributed by atoms with Crippen molar-refractivity contribution >= 4 is 17.0 Å². The molecule has 2 aromatic carbocycles. The molecule has 3 aromatic rings. The van der Waals surface area contributed by atoms with E-state index in [4.69, 9.17) is 9.15 Å². The Morgan fingerprint density at radius 3 is 2.64 bits per heavy atom. The van der Waals surface area contributed by atoms with Crippen LogP contribution >= 0.6 is 0 Å². The summed E-state index contributed by atoms with van der Waals surface area (Å²) in [6.45, 7) is 1.09. The minimum atomic E-state index is -0.370. The van der Waals surface area contributed by atoms with Crippen LogP contribution in [0.2, 0.25) is 0 Å². The Morgan fingerprint density at radius 1 is 1.18 bits per heavy atom. The predicted octanol–water partition coefficient (Wildman–Crippen LogP) is 3.57. The van der Waals surface area contributed by atoms with Crippen LogP contribution in [0.4, 0.5) is 0 Å². The van der Waals surface area contributed by atoms with Gasteiger partial charge in [-0.05, 0) is 49.1 Å². The molecule has 0 radical (unpaired) electrons. The maximum Gasteiger partial charge on any atom is 0.419 e. The summed E-state index contributed by atoms with van der Waals surface area (Å²) in [5.74, 6) is 0.580. The van der Waals surface area contributed by atoms with Crippen LogP contribution in [0, 0.1) is 0 Å². The highest BCUT2D eigenvalue weighted by Crippen LogP contribution is 2.29. The van der Waals surface area contributed by atoms with Crippen LogP contribution < -0.4 is 10.5 Å². The second-order valence-corrected chi connectivity index (χ2v) is 7.19. The first-order chi connectivity index (χ1) is 13.7. The predicted molar refractivity (Wildman–Crippen MR) is 106 cm³/mol. The first-order valence-corrected chi connectivity index (χ1v) is 9.66. The van der Waals surface area contributed by atoms with Gasteiger partial charge in [0.2, 0.25) is 5.91 Å². The van der Waals surface area contributed by atoms with E-state index in [-0.39, 0.29) is 11.7 Å². The highest BCUT2D eigenvalue weighted by Gasteiger charge is 2.32. The van der Waals surface area contributed by atoms with Crippen molar-refractivity contribution in [1.82, 2.24) is 9.47 Å². The maximum atomic E-state index is 12.8. The number of oxazole rings is 1. The number of fused-ring (bicyclic) bond motifs is 1. The van der Waals surface area contributed by atoms with Gasteiger partial charge in [0.25, 0.3) is 0 Å². The molecular weight excluding hydrogens is 356 g/mol. The van der Waals surface area contributed by atoms with Crippen molar-refractivity contribution in [2.24, 2.45) is 0 Å². The molecule has 0 N–H and O–H groups in total. The third kappa shape index (κ3) is 3.96. The SMILES string of the molecule is COc1ccc(CN(C(=O)CCCn2c(=O)oc3ccccc32)C2CC2)cc1. The number of nitrogens with zero attached hydrogens (tertiary/aromatic N) is 2. The van der Waals surface area contributed by atoms with E-state index >= 15 is 0 Å². The van der Waals surface area contributed by atoms with Crippen LogP contribution in [-0.2, 0) is 17.9 Å². The number of rotatable bonds is 8. The van der Waals surface area contributed by atoms with Crippen LogP contribution in [0.15, 0.2) is 57.7 Å². The lowest BCUT2D eigenvalue weighted by Gasteiger charge is -2.23. The number of ether oxygens (including phenoxy) is 1. The summed E-state index contributed by atoms with van der Waals surface area (Å²) in [6.07, 6.45) is 3.15. The van der Waals surface area contributed by atoms with Crippen molar-refractivity contribution in [3.8, 4) is 5.75 Å². The Morgan fingerprint density at radius 2 is 1.93 bits per heavy atom. The van der Waals surface area contributed by atoms with E-state index in [1.54, 1.807) is 17.7 Å². The first-order valence-electron chi connectivity index (χ1n) is 9.66. The zero-order chi connectivity index (χ0) is 19.5. The third-order valence-electron chi connectivity index (χ3n) is 5.17. The Bertz CT molecular complexity index is 1010. The molecule has 1 fully saturated rings. The highest BCUT2D eigenvalue weighted by molar-refractivity contribution is 5.77. The Kier molecular flexibility index (Phi) is 5.19. The van der Waals surface area contributed by atoms with E-state index < -0.39 is 0 Å². The minimum absolute atomic E-state index is 0.138. The summed E-state index contributed by atoms with van der Waals surface area (Å²) in [5.41, 5.74) is 2.45. The van der Waals surface area contributed by atoms with Crippen molar-refractivity contribution in [3.05, 3.63) is 64.6 Å². The number of benzene rings is 2. The van der Waals surface area contributed by atoms with E-state index in [2.05, 4.69) is 0 Å². The number of para-hydroxylation sites is 2. The summed E-state index contributed by atoms with van der Waals surface area (Å²) >= 11 is 0. The van der Waals surface area contributed by atoms with Gasteiger partial charge in [0, 0.05) is 25.6 Å². The van der Waals surface area contributed by atoms with Gasteiger partial charge < -0.3 is 14.1 Å². The van der Waals surface area contributed by atoms with Crippen molar-refractivity contribution in [2.75, 3.05) is 7.11 Å². The molecule has 0 atom stereocenters. The van der Waals surface area contributed by atoms with Gasteiger partial charge >= 0.3 is 5.76 Å². The van der Waals surface area contributed by atoms with Crippen molar-refractivity contribution in [3.63, 3.8) is 0 Å². The molecule has 1 saturated carbocycles. The molecule has 0 spiro atoms. The topological polar surface area (TPSA) is 64.7 Å². The molecule has 0 bridgehead atoms. The molecule has 0 saturated heterocycles. The van der Waals surface area contributed by atoms with Gasteiger partial charge in [-0.25, -0.2) is 4.79 Å². The quantitative estimate of drug-likeness (QED) is 0.599. The van der Waals surface area contributed by atoms with Crippen molar-refractivity contribution in [1.29, 1.82) is 0 Å². The molecule has 0 unspecified atom stereocenters. The van der Waals surface area contributed by atoms with E-state index in [0.29, 0.717) is 37.6 Å². The first kappa shape index (κ1) is 18.3. The molecule has 6 heteroatoms. The summed E-state index contributed by atoms with van der Waals surface area (Å²) in [7, 11) is 1.64. The smallest absolute Gasteiger partial charge is 0.419 e. The second kappa shape index (κ2) is 7.92. The summed E-state index contributed by atoms with van der Waals surface area (Å²) < 4.78 is 12.1. The second-order valence-electron chi connectivity index (χ2n) is 7.19. The molecule has 1 amide bonds. The molecule has 1 aliphatic carbocycles. The lowest BCUT2D eigenvalue weighted by atomic mass is 10.2. The number of carbonyl (C=O) groups is 1. The van der Waals surface area contributed by atoms with Crippen molar-refractivity contribution in [2.45, 2.75) is 44.8 Å². The van der Waals surface area contributed by atoms with Crippen LogP contribution in [0.3, 0.4) is 0 Å². The molecule has 1 heterocycles. The van der Waals surface area contributed by atoms with E-state index in [1.807, 2.05) is 47.4 Å². The van der Waals surface area contributed by atoms with Gasteiger partial charge in [0.1, 0.15) is 5.75 Å². The van der Waals surface area contributed by atoms with Gasteiger partial charge in [-0.3, -0.25) is 9.36 Å². The van der Waals surface area contributed by atoms with Crippen LogP contribution in [-0.4, -0.2) is 28.5 Å². The number of aryl methyl sites for hydroxylation is 1. The van der Waals surface area contributed by atoms with Crippen LogP contribution in [0.25, 0.3) is 11.1 Å². The van der Waals surface area contributed by atoms with Gasteiger partial charge in [-0.15, -0.1) is 0 Å². The number of aromatic nitrogens is 1. The molecule has 4 rings (SSSR count). The average Bonchev–Trinajstić information content (AvgIpc) is 3.50. The molecule has 28 heavy (non-hydrogen) atoms. The van der Waals surface area contributed by atoms with Gasteiger partial charge in [0.15, 0.2) is 5.58 Å². The molecule has 1 aliphatic rings. The standard InChI is InChI=1S/C22H24N2O4/c1-27-18-12-8-16(9-13-18)15-24(17-10-11-17)21(25)7-4-14-23-19-5-2-3-6-20(19)28-22(23)26/h2-3,5-6,8-9,12-13,17H,4,7,10-11,14-15H2,1H3. The van der Waals surface area contributed by atoms with Crippen LogP contribution in [0.1, 0.15) is 31.2 Å². The van der Waals surface area contributed by atoms with E-state index in [0.717, 1.165) is 29.7 Å². The van der Waals surface area contributed by atoms with Gasteiger partial charge in [-0.2, -0.15) is 0 Å². The number of hydrogen-bond donors (Lipinski definition) is 0. The minimum Gasteiger partial charge on any atom is -0.497 e. The maximum absolute atomic E-state index is 12.8. The molecule has 6 nitrogen and oxygen atoms in total. The third-order valence-corrected chi connectivity index (χ3v) is 5.17. The zero-order valence-electron chi connectivity index (χ0n) is 16.0. The zero-order valence-corrected chi connectivity index (χ0v) is 16.0. The Labute approximate surface area is 163 Å². The fourth-order valence-corrected chi connectivity index (χ4v) is 3.49. The number of methoxy groups -OCH3 is 1. The van der Waals surface area contributed by atoms with E-state index in [1.165, 1.54) is 0 Å². The van der Waals surface area contributed by atoms with Gasteiger partial charge in [0.05, 0.1) is 12.6 Å². The van der Waals surface area contributed by atoms with Crippen molar-refractivity contribution < 1.29 is 13.9 Å². The fraction of sp³-hybridized carbons (Fsp3) is 0.364. The van der Waals surface area contributed by atoms with Crippen LogP contribution in [0.5, 0.6) is 5.75 Å².